The Balaban J connectivity index is 1.29. The van der Waals surface area contributed by atoms with Gasteiger partial charge in [-0.25, -0.2) is 9.97 Å². The third kappa shape index (κ3) is 5.21. The molecule has 6 heterocycles. The number of fused-ring (bicyclic) bond motifs is 1. The third-order valence-corrected chi connectivity index (χ3v) is 7.75. The number of amides is 1. The second kappa shape index (κ2) is 10.6. The fourth-order valence-corrected chi connectivity index (χ4v) is 5.48. The summed E-state index contributed by atoms with van der Waals surface area (Å²) in [5, 5.41) is 25.7. The molecule has 0 radical (unpaired) electrons. The van der Waals surface area contributed by atoms with Gasteiger partial charge in [-0.05, 0) is 30.7 Å². The fourth-order valence-electron chi connectivity index (χ4n) is 5.48. The van der Waals surface area contributed by atoms with Crippen LogP contribution in [-0.2, 0) is 4.74 Å². The molecule has 13 heteroatoms. The van der Waals surface area contributed by atoms with E-state index in [1.165, 1.54) is 6.20 Å². The molecule has 2 saturated heterocycles. The van der Waals surface area contributed by atoms with Gasteiger partial charge >= 0.3 is 0 Å². The second-order valence-corrected chi connectivity index (χ2v) is 11.0. The normalized spacial score (nSPS) is 18.7. The van der Waals surface area contributed by atoms with Gasteiger partial charge in [-0.2, -0.15) is 14.9 Å². The van der Waals surface area contributed by atoms with Crippen LogP contribution in [-0.4, -0.2) is 81.1 Å². The van der Waals surface area contributed by atoms with Gasteiger partial charge in [-0.15, -0.1) is 10.2 Å². The first-order valence-electron chi connectivity index (χ1n) is 13.6. The minimum atomic E-state index is -0.583. The largest absolute Gasteiger partial charge is 0.378 e. The Morgan fingerprint density at radius 2 is 1.93 bits per heavy atom. The van der Waals surface area contributed by atoms with Gasteiger partial charge < -0.3 is 25.6 Å². The predicted molar refractivity (Wildman–Crippen MR) is 153 cm³/mol. The van der Waals surface area contributed by atoms with E-state index in [1.807, 2.05) is 30.3 Å². The number of hydrogen-bond donors (Lipinski definition) is 2. The van der Waals surface area contributed by atoms with E-state index < -0.39 is 5.91 Å². The summed E-state index contributed by atoms with van der Waals surface area (Å²) >= 11 is 0. The van der Waals surface area contributed by atoms with Crippen LogP contribution >= 0.6 is 0 Å². The number of aromatic nitrogens is 6. The molecule has 3 N–H and O–H groups in total. The maximum absolute atomic E-state index is 12.5. The van der Waals surface area contributed by atoms with E-state index in [9.17, 15) is 4.79 Å². The number of piperidine rings is 1. The monoisotopic (exact) mass is 553 g/mol. The van der Waals surface area contributed by atoms with Crippen LogP contribution in [0.5, 0.6) is 0 Å². The zero-order valence-electron chi connectivity index (χ0n) is 23.0. The zero-order chi connectivity index (χ0) is 28.6. The maximum atomic E-state index is 12.5. The Morgan fingerprint density at radius 1 is 1.10 bits per heavy atom. The summed E-state index contributed by atoms with van der Waals surface area (Å²) in [4.78, 5) is 25.9. The number of nitrogens with two attached hydrogens (primary N) is 1. The van der Waals surface area contributed by atoms with Crippen molar-refractivity contribution in [2.75, 3.05) is 54.5 Å². The lowest BCUT2D eigenvalue weighted by Gasteiger charge is -2.45. The number of morpholine rings is 1. The number of nitrogens with one attached hydrogen (secondary N) is 1. The number of pyridine rings is 1. The first-order chi connectivity index (χ1) is 19.8. The Morgan fingerprint density at radius 3 is 2.63 bits per heavy atom. The topological polar surface area (TPSA) is 163 Å². The Hall–Kier alpha value is -4.83. The lowest BCUT2D eigenvalue weighted by atomic mass is 9.79. The van der Waals surface area contributed by atoms with Gasteiger partial charge in [0.1, 0.15) is 17.7 Å². The molecule has 2 aliphatic rings. The van der Waals surface area contributed by atoms with E-state index in [1.54, 1.807) is 16.8 Å². The van der Waals surface area contributed by atoms with Crippen molar-refractivity contribution in [3.8, 4) is 17.3 Å². The highest BCUT2D eigenvalue weighted by molar-refractivity contribution is 5.97. The van der Waals surface area contributed by atoms with Crippen molar-refractivity contribution < 1.29 is 9.53 Å². The minimum absolute atomic E-state index is 0.00436. The lowest BCUT2D eigenvalue weighted by Crippen LogP contribution is -2.52. The van der Waals surface area contributed by atoms with Gasteiger partial charge in [0.15, 0.2) is 17.2 Å². The highest BCUT2D eigenvalue weighted by atomic mass is 16.5. The summed E-state index contributed by atoms with van der Waals surface area (Å²) in [6, 6.07) is 11.3. The Bertz CT molecular complexity index is 1620. The van der Waals surface area contributed by atoms with Crippen LogP contribution in [0.3, 0.4) is 0 Å². The Labute approximate surface area is 237 Å². The summed E-state index contributed by atoms with van der Waals surface area (Å²) in [6.07, 6.45) is 4.05. The fraction of sp³-hybridized carbons (Fsp3) is 0.393. The second-order valence-electron chi connectivity index (χ2n) is 11.0. The smallest absolute Gasteiger partial charge is 0.254 e. The molecule has 1 amide bonds. The highest BCUT2D eigenvalue weighted by Crippen LogP contribution is 2.35. The van der Waals surface area contributed by atoms with E-state index >= 15 is 0 Å². The van der Waals surface area contributed by atoms with Gasteiger partial charge in [0.05, 0.1) is 24.5 Å². The van der Waals surface area contributed by atoms with Crippen LogP contribution in [0.25, 0.3) is 16.9 Å². The van der Waals surface area contributed by atoms with E-state index in [4.69, 9.17) is 20.8 Å². The number of nitriles is 1. The molecule has 1 unspecified atom stereocenters. The number of carbonyl (C=O) groups excluding carboxylic acids is 1. The first kappa shape index (κ1) is 26.4. The van der Waals surface area contributed by atoms with Crippen LogP contribution in [0.2, 0.25) is 0 Å². The van der Waals surface area contributed by atoms with Crippen LogP contribution in [0.15, 0.2) is 42.7 Å². The van der Waals surface area contributed by atoms with Gasteiger partial charge in [0.2, 0.25) is 0 Å². The van der Waals surface area contributed by atoms with Crippen molar-refractivity contribution >= 4 is 29.0 Å². The molecular weight excluding hydrogens is 522 g/mol. The van der Waals surface area contributed by atoms with Gasteiger partial charge in [0.25, 0.3) is 5.91 Å². The molecular formula is C28H31N11O2. The first-order valence-corrected chi connectivity index (χ1v) is 13.6. The number of nitrogens with zero attached hydrogens (tertiary/aromatic N) is 9. The van der Waals surface area contributed by atoms with Crippen LogP contribution in [0, 0.1) is 16.7 Å². The molecule has 13 nitrogen and oxygen atoms in total. The molecule has 0 spiro atoms. The van der Waals surface area contributed by atoms with Crippen molar-refractivity contribution in [2.45, 2.75) is 26.3 Å². The molecule has 0 bridgehead atoms. The summed E-state index contributed by atoms with van der Waals surface area (Å²) in [6.45, 7) is 8.64. The van der Waals surface area contributed by atoms with E-state index in [0.717, 1.165) is 36.7 Å². The van der Waals surface area contributed by atoms with Gasteiger partial charge in [0, 0.05) is 61.7 Å². The van der Waals surface area contributed by atoms with Crippen LogP contribution in [0.4, 0.5) is 17.5 Å². The van der Waals surface area contributed by atoms with Gasteiger partial charge in [-0.1, -0.05) is 13.8 Å². The van der Waals surface area contributed by atoms with Crippen LogP contribution < -0.4 is 20.9 Å². The molecule has 0 aliphatic carbocycles. The van der Waals surface area contributed by atoms with Crippen molar-refractivity contribution in [2.24, 2.45) is 11.1 Å². The lowest BCUT2D eigenvalue weighted by molar-refractivity contribution is 0.1000. The number of ether oxygens (including phenoxy) is 1. The molecule has 4 aromatic rings. The summed E-state index contributed by atoms with van der Waals surface area (Å²) in [5.74, 6) is 1.53. The standard InChI is InChI=1S/C28H31N11O2/c1-28(2)17-38(23-4-3-19(15-29)34-35-23)8-6-22(28)33-27-20(26(30)40)16-32-25-14-21(36-39(25)27)18-5-7-31-24(13-18)37-9-11-41-12-10-37/h3-5,7,13-14,16,22,33H,6,8-12,17H2,1-2H3,(H2,30,40). The number of hydrogen-bond acceptors (Lipinski definition) is 11. The minimum Gasteiger partial charge on any atom is -0.378 e. The SMILES string of the molecule is CC1(C)CN(c2ccc(C#N)nn2)CCC1Nc1c(C(N)=O)cnc2cc(-c3ccnc(N4CCOCC4)c3)nn12. The number of primary amides is 1. The predicted octanol–water partition coefficient (Wildman–Crippen LogP) is 2.11. The van der Waals surface area contributed by atoms with Crippen LogP contribution in [0.1, 0.15) is 36.3 Å². The molecule has 2 aliphatic heterocycles. The molecule has 41 heavy (non-hydrogen) atoms. The molecule has 0 saturated carbocycles. The number of rotatable bonds is 6. The molecule has 2 fully saturated rings. The Kier molecular flexibility index (Phi) is 6.84. The average molecular weight is 554 g/mol. The summed E-state index contributed by atoms with van der Waals surface area (Å²) in [7, 11) is 0. The summed E-state index contributed by atoms with van der Waals surface area (Å²) in [5.41, 5.74) is 8.33. The third-order valence-electron chi connectivity index (χ3n) is 7.75. The molecule has 1 atom stereocenters. The number of anilines is 3. The van der Waals surface area contributed by atoms with Crippen molar-refractivity contribution in [3.05, 3.63) is 54.0 Å². The van der Waals surface area contributed by atoms with Crippen molar-refractivity contribution in [3.63, 3.8) is 0 Å². The van der Waals surface area contributed by atoms with E-state index in [0.29, 0.717) is 43.5 Å². The number of carbonyl (C=O) groups is 1. The van der Waals surface area contributed by atoms with E-state index in [-0.39, 0.29) is 22.7 Å². The van der Waals surface area contributed by atoms with Crippen molar-refractivity contribution in [1.82, 2.24) is 29.8 Å². The van der Waals surface area contributed by atoms with Crippen molar-refractivity contribution in [1.29, 1.82) is 5.26 Å². The molecule has 210 valence electrons. The molecule has 0 aromatic carbocycles. The van der Waals surface area contributed by atoms with Gasteiger partial charge in [-0.3, -0.25) is 4.79 Å². The van der Waals surface area contributed by atoms with E-state index in [2.05, 4.69) is 49.1 Å². The summed E-state index contributed by atoms with van der Waals surface area (Å²) < 4.78 is 7.14. The molecule has 6 rings (SSSR count). The quantitative estimate of drug-likeness (QED) is 0.359. The zero-order valence-corrected chi connectivity index (χ0v) is 23.0. The highest BCUT2D eigenvalue weighted by Gasteiger charge is 2.37. The maximum Gasteiger partial charge on any atom is 0.254 e. The average Bonchev–Trinajstić information content (AvgIpc) is 3.43. The molecule has 4 aromatic heterocycles.